The number of hydrogen-bond acceptors (Lipinski definition) is 18. The summed E-state index contributed by atoms with van der Waals surface area (Å²) in [6, 6.07) is 19.6. The van der Waals surface area contributed by atoms with Crippen LogP contribution in [0.2, 0.25) is 0 Å². The van der Waals surface area contributed by atoms with Crippen molar-refractivity contribution >= 4 is 95.1 Å². The molecule has 0 heterocycles. The number of ketones is 2. The summed E-state index contributed by atoms with van der Waals surface area (Å²) in [6.45, 7) is 0. The standard InChI is InChI=1S/C20H13N3O7S.C18H13N5O8.Cr/c24-16-8-5-11-3-1-2-4-13(11)19(16)21-22-20-14-7-6-12(23(26)27)9-15(14)18(10-17(20)25)31(28,29)30;1-31-18(26)19-11-4-2-3-9-5-6-14(24)16(15(9)11)21-20-12-7-10(22(27)28)8-13(17(12)25)23(29)30;/h1-10,21,24H,(H,28,29,30);2-8,20,25H,1H3,(H,19,26);/p+2/b22-20-;21-16+;. The number of nitro benzene ring substituents is 3. The van der Waals surface area contributed by atoms with Crippen LogP contribution in [0.1, 0.15) is 25.1 Å². The van der Waals surface area contributed by atoms with Gasteiger partial charge in [-0.3, -0.25) is 60.7 Å². The number of aromatic hydroxyl groups is 2. The number of phenolic OH excluding ortho intramolecular Hbond substituents is 2. The van der Waals surface area contributed by atoms with Gasteiger partial charge in [-0.05, 0) is 35.2 Å². The largest absolute Gasteiger partial charge is 1.00 e. The number of nitrogens with zero attached hydrogens (tertiary/aromatic N) is 5. The van der Waals surface area contributed by atoms with Crippen LogP contribution < -0.4 is 16.2 Å². The van der Waals surface area contributed by atoms with E-state index in [-0.39, 0.29) is 65.5 Å². The van der Waals surface area contributed by atoms with E-state index in [9.17, 15) is 67.9 Å². The molecule has 25 heteroatoms. The number of hydrazone groups is 2. The number of rotatable bonds is 9. The summed E-state index contributed by atoms with van der Waals surface area (Å²) in [5.41, 5.74) is 2.84. The monoisotopic (exact) mass is 920 g/mol. The quantitative estimate of drug-likeness (QED) is 0.0420. The Kier molecular flexibility index (Phi) is 13.4. The van der Waals surface area contributed by atoms with Gasteiger partial charge in [0.05, 0.1) is 33.6 Å². The van der Waals surface area contributed by atoms with Crippen molar-refractivity contribution in [2.24, 2.45) is 10.2 Å². The number of methoxy groups -OCH3 is 1. The molecule has 0 atom stereocenters. The van der Waals surface area contributed by atoms with E-state index in [0.29, 0.717) is 23.1 Å². The Morgan fingerprint density at radius 2 is 1.46 bits per heavy atom. The molecule has 5 aromatic carbocycles. The molecule has 0 bridgehead atoms. The Morgan fingerprint density at radius 3 is 2.13 bits per heavy atom. The third-order valence-electron chi connectivity index (χ3n) is 8.87. The maximum atomic E-state index is 12.6. The minimum Gasteiger partial charge on any atom is -0.506 e. The van der Waals surface area contributed by atoms with Gasteiger partial charge in [0.1, 0.15) is 33.5 Å². The number of anilines is 3. The molecule has 7 rings (SSSR count). The van der Waals surface area contributed by atoms with Gasteiger partial charge in [0.15, 0.2) is 0 Å². The van der Waals surface area contributed by atoms with Crippen LogP contribution in [0.15, 0.2) is 107 Å². The zero-order chi connectivity index (χ0) is 45.0. The molecule has 1 amide bonds. The molecule has 0 fully saturated rings. The van der Waals surface area contributed by atoms with E-state index < -0.39 is 76.0 Å². The van der Waals surface area contributed by atoms with Crippen molar-refractivity contribution in [3.63, 3.8) is 0 Å². The maximum Gasteiger partial charge on any atom is 1.00 e. The molecule has 6 N–H and O–H groups in total. The SMILES string of the molecule is COC(=O)Nc1cccc2c1/C(=N/Nc1cc([N+](=O)[O-])cc([N+](=O)[O-])c1O)C(=O)C=C2.O=C1C=C(S(=O)(=O)O)c2cc([N+](=O)[O-])ccc2/C1=N/Nc1c(O)ccc2ccccc12.[Cr].[H+].[H+]. The van der Waals surface area contributed by atoms with Crippen molar-refractivity contribution in [3.05, 3.63) is 150 Å². The molecular weight excluding hydrogens is 893 g/mol. The summed E-state index contributed by atoms with van der Waals surface area (Å²) in [6.07, 6.45) is 2.55. The Hall–Kier alpha value is -8.37. The molecule has 5 aromatic rings. The van der Waals surface area contributed by atoms with Gasteiger partial charge in [-0.2, -0.15) is 18.6 Å². The van der Waals surface area contributed by atoms with Crippen molar-refractivity contribution in [1.29, 1.82) is 0 Å². The maximum absolute atomic E-state index is 12.6. The van der Waals surface area contributed by atoms with E-state index >= 15 is 0 Å². The number of non-ortho nitro benzene ring substituents is 2. The molecule has 0 aromatic heterocycles. The summed E-state index contributed by atoms with van der Waals surface area (Å²) in [7, 11) is -3.68. The zero-order valence-electron chi connectivity index (χ0n) is 33.6. The summed E-state index contributed by atoms with van der Waals surface area (Å²) < 4.78 is 37.5. The summed E-state index contributed by atoms with van der Waals surface area (Å²) in [5, 5.41) is 65.4. The van der Waals surface area contributed by atoms with Crippen LogP contribution in [0, 0.1) is 30.3 Å². The molecule has 23 nitrogen and oxygen atoms in total. The normalized spacial score (nSPS) is 14.0. The van der Waals surface area contributed by atoms with Crippen molar-refractivity contribution < 1.29 is 77.3 Å². The second-order valence-corrected chi connectivity index (χ2v) is 14.0. The Morgan fingerprint density at radius 1 is 0.762 bits per heavy atom. The second-order valence-electron chi connectivity index (χ2n) is 12.6. The molecule has 2 aliphatic carbocycles. The molecule has 0 saturated carbocycles. The summed E-state index contributed by atoms with van der Waals surface area (Å²) in [5.74, 6) is -2.47. The van der Waals surface area contributed by atoms with E-state index in [1.165, 1.54) is 30.4 Å². The second kappa shape index (κ2) is 18.5. The Balaban J connectivity index is 0.000000330. The average Bonchev–Trinajstić information content (AvgIpc) is 3.23. The van der Waals surface area contributed by atoms with Gasteiger partial charge >= 0.3 is 14.6 Å². The topological polar surface area (TPSA) is 346 Å². The summed E-state index contributed by atoms with van der Waals surface area (Å²) >= 11 is 0. The molecule has 63 heavy (non-hydrogen) atoms. The van der Waals surface area contributed by atoms with Crippen molar-refractivity contribution in [3.8, 4) is 11.5 Å². The van der Waals surface area contributed by atoms with Gasteiger partial charge in [-0.25, -0.2) is 4.79 Å². The first-order chi connectivity index (χ1) is 29.4. The molecule has 2 aliphatic rings. The van der Waals surface area contributed by atoms with Crippen LogP contribution in [0.25, 0.3) is 21.8 Å². The Bertz CT molecular complexity index is 3060. The zero-order valence-corrected chi connectivity index (χ0v) is 33.7. The van der Waals surface area contributed by atoms with Crippen LogP contribution in [0.3, 0.4) is 0 Å². The number of benzene rings is 5. The first kappa shape index (κ1) is 45.7. The van der Waals surface area contributed by atoms with E-state index in [1.54, 1.807) is 30.3 Å². The van der Waals surface area contributed by atoms with Crippen molar-refractivity contribution in [2.45, 2.75) is 0 Å². The Labute approximate surface area is 366 Å². The minimum absolute atomic E-state index is 0. The van der Waals surface area contributed by atoms with Crippen LogP contribution in [-0.4, -0.2) is 74.1 Å². The number of ether oxygens (including phenoxy) is 1. The van der Waals surface area contributed by atoms with Gasteiger partial charge in [0, 0.05) is 63.7 Å². The first-order valence-electron chi connectivity index (χ1n) is 17.2. The third kappa shape index (κ3) is 9.66. The molecule has 0 saturated heterocycles. The van der Waals surface area contributed by atoms with E-state index in [0.717, 1.165) is 30.7 Å². The van der Waals surface area contributed by atoms with E-state index in [4.69, 9.17) is 0 Å². The third-order valence-corrected chi connectivity index (χ3v) is 9.76. The van der Waals surface area contributed by atoms with Gasteiger partial charge in [-0.15, -0.1) is 0 Å². The van der Waals surface area contributed by atoms with Crippen molar-refractivity contribution in [1.82, 2.24) is 0 Å². The van der Waals surface area contributed by atoms with Crippen LogP contribution >= 0.6 is 0 Å². The smallest absolute Gasteiger partial charge is 0.506 e. The average molecular weight is 921 g/mol. The van der Waals surface area contributed by atoms with Crippen molar-refractivity contribution in [2.75, 3.05) is 23.3 Å². The molecular formula is C38H28CrN8O15S+2. The minimum atomic E-state index is -4.84. The van der Waals surface area contributed by atoms with Gasteiger partial charge < -0.3 is 14.9 Å². The fourth-order valence-corrected chi connectivity index (χ4v) is 6.74. The van der Waals surface area contributed by atoms with E-state index in [1.807, 2.05) is 12.1 Å². The fraction of sp³-hybridized carbons (Fsp3) is 0.0263. The van der Waals surface area contributed by atoms with Gasteiger partial charge in [0.25, 0.3) is 21.5 Å². The molecule has 320 valence electrons. The summed E-state index contributed by atoms with van der Waals surface area (Å²) in [4.78, 5) is 66.5. The van der Waals surface area contributed by atoms with Gasteiger partial charge in [0.2, 0.25) is 17.3 Å². The molecule has 0 unspecified atom stereocenters. The number of carbonyl (C=O) groups excluding carboxylic acids is 3. The van der Waals surface area contributed by atoms with Crippen LogP contribution in [0.5, 0.6) is 11.5 Å². The van der Waals surface area contributed by atoms with Crippen LogP contribution in [-0.2, 0) is 41.8 Å². The number of phenols is 2. The number of fused-ring (bicyclic) bond motifs is 3. The fourth-order valence-electron chi connectivity index (χ4n) is 6.04. The van der Waals surface area contributed by atoms with E-state index in [2.05, 4.69) is 31.1 Å². The number of nitro groups is 3. The number of hydrogen-bond donors (Lipinski definition) is 6. The number of allylic oxidation sites excluding steroid dienone is 2. The predicted molar refractivity (Wildman–Crippen MR) is 224 cm³/mol. The number of carbonyl (C=O) groups is 3. The number of amides is 1. The molecule has 0 aliphatic heterocycles. The number of nitrogens with one attached hydrogen (secondary N) is 3. The molecule has 0 radical (unpaired) electrons. The first-order valence-corrected chi connectivity index (χ1v) is 18.6. The van der Waals surface area contributed by atoms with Gasteiger partial charge in [-0.1, -0.05) is 48.5 Å². The predicted octanol–water partition coefficient (Wildman–Crippen LogP) is 6.10. The van der Waals surface area contributed by atoms with Crippen LogP contribution in [0.4, 0.5) is 38.9 Å². The molecule has 0 spiro atoms.